The smallest absolute Gasteiger partial charge is 0.408 e. The Morgan fingerprint density at radius 3 is 2.15 bits per heavy atom. The number of hydrogen-bond donors (Lipinski definition) is 1. The molecule has 1 amide bonds. The molecule has 0 aromatic carbocycles. The highest BCUT2D eigenvalue weighted by Crippen LogP contribution is 2.79. The summed E-state index contributed by atoms with van der Waals surface area (Å²) in [6.07, 6.45) is 1.77. The molecule has 3 fully saturated rings. The van der Waals surface area contributed by atoms with E-state index in [1.165, 1.54) is 0 Å². The number of alkyl carbamates (subject to hydrolysis) is 1. The van der Waals surface area contributed by atoms with Crippen molar-refractivity contribution in [1.29, 1.82) is 0 Å². The van der Waals surface area contributed by atoms with E-state index in [1.807, 2.05) is 0 Å². The van der Waals surface area contributed by atoms with E-state index in [9.17, 15) is 14.4 Å². The van der Waals surface area contributed by atoms with Gasteiger partial charge in [-0.05, 0) is 65.2 Å². The van der Waals surface area contributed by atoms with Crippen molar-refractivity contribution in [3.8, 4) is 0 Å². The summed E-state index contributed by atoms with van der Waals surface area (Å²) < 4.78 is 15.9. The Morgan fingerprint density at radius 1 is 1.04 bits per heavy atom. The predicted octanol–water partition coefficient (Wildman–Crippen LogP) is 2.42. The molecule has 7 nitrogen and oxygen atoms in total. The SMILES string of the molecule is CCOC(=O)C1C2C1C(NC(=O)OC(C)(C)C)(C(=O)OCC)CC21CC1. The normalized spacial score (nSPS) is 33.2. The number of hydrogen-bond acceptors (Lipinski definition) is 6. The minimum Gasteiger partial charge on any atom is -0.466 e. The molecule has 0 aromatic heterocycles. The summed E-state index contributed by atoms with van der Waals surface area (Å²) >= 11 is 0. The molecule has 1 spiro atoms. The number of carbonyl (C=O) groups excluding carboxylic acids is 3. The lowest BCUT2D eigenvalue weighted by atomic mass is 9.85. The Kier molecular flexibility index (Phi) is 4.48. The van der Waals surface area contributed by atoms with Crippen LogP contribution in [0.3, 0.4) is 0 Å². The van der Waals surface area contributed by atoms with Crippen molar-refractivity contribution >= 4 is 18.0 Å². The monoisotopic (exact) mass is 367 g/mol. The van der Waals surface area contributed by atoms with Crippen molar-refractivity contribution in [2.45, 2.75) is 65.0 Å². The molecule has 3 rings (SSSR count). The minimum absolute atomic E-state index is 0.0656. The molecule has 4 atom stereocenters. The average Bonchev–Trinajstić information content (AvgIpc) is 3.37. The zero-order valence-corrected chi connectivity index (χ0v) is 16.2. The largest absolute Gasteiger partial charge is 0.466 e. The van der Waals surface area contributed by atoms with E-state index in [4.69, 9.17) is 14.2 Å². The summed E-state index contributed by atoms with van der Waals surface area (Å²) in [6.45, 7) is 9.30. The van der Waals surface area contributed by atoms with E-state index >= 15 is 0 Å². The number of nitrogens with one attached hydrogen (secondary N) is 1. The third-order valence-electron chi connectivity index (χ3n) is 5.74. The van der Waals surface area contributed by atoms with Gasteiger partial charge in [-0.15, -0.1) is 0 Å². The van der Waals surface area contributed by atoms with Crippen LogP contribution in [0.5, 0.6) is 0 Å². The summed E-state index contributed by atoms with van der Waals surface area (Å²) in [5.41, 5.74) is -1.96. The van der Waals surface area contributed by atoms with Gasteiger partial charge in [-0.2, -0.15) is 0 Å². The van der Waals surface area contributed by atoms with Gasteiger partial charge >= 0.3 is 18.0 Å². The topological polar surface area (TPSA) is 90.9 Å². The van der Waals surface area contributed by atoms with Gasteiger partial charge in [0.25, 0.3) is 0 Å². The Morgan fingerprint density at radius 2 is 1.65 bits per heavy atom. The number of rotatable bonds is 5. The van der Waals surface area contributed by atoms with E-state index in [-0.39, 0.29) is 35.7 Å². The lowest BCUT2D eigenvalue weighted by Crippen LogP contribution is -2.58. The molecule has 3 aliphatic rings. The number of amides is 1. The van der Waals surface area contributed by atoms with Gasteiger partial charge in [-0.25, -0.2) is 9.59 Å². The fourth-order valence-electron chi connectivity index (χ4n) is 4.81. The Labute approximate surface area is 154 Å². The van der Waals surface area contributed by atoms with Crippen molar-refractivity contribution in [2.24, 2.45) is 23.2 Å². The molecule has 0 bridgehead atoms. The molecule has 0 saturated heterocycles. The lowest BCUT2D eigenvalue weighted by molar-refractivity contribution is -0.154. The lowest BCUT2D eigenvalue weighted by Gasteiger charge is -2.33. The molecule has 146 valence electrons. The van der Waals surface area contributed by atoms with Gasteiger partial charge in [0.15, 0.2) is 0 Å². The third kappa shape index (κ3) is 3.05. The first-order chi connectivity index (χ1) is 12.1. The third-order valence-corrected chi connectivity index (χ3v) is 5.74. The van der Waals surface area contributed by atoms with Crippen LogP contribution in [0.2, 0.25) is 0 Å². The van der Waals surface area contributed by atoms with Crippen LogP contribution in [0.15, 0.2) is 0 Å². The molecule has 0 heterocycles. The van der Waals surface area contributed by atoms with Gasteiger partial charge in [-0.1, -0.05) is 0 Å². The fourth-order valence-corrected chi connectivity index (χ4v) is 4.81. The zero-order valence-electron chi connectivity index (χ0n) is 16.2. The maximum absolute atomic E-state index is 12.9. The second-order valence-corrected chi connectivity index (χ2v) is 8.69. The molecule has 26 heavy (non-hydrogen) atoms. The van der Waals surface area contributed by atoms with Gasteiger partial charge in [0.1, 0.15) is 11.1 Å². The van der Waals surface area contributed by atoms with Crippen LogP contribution >= 0.6 is 0 Å². The highest BCUT2D eigenvalue weighted by Gasteiger charge is 2.83. The van der Waals surface area contributed by atoms with E-state index < -0.39 is 23.2 Å². The van der Waals surface area contributed by atoms with Crippen LogP contribution in [0.25, 0.3) is 0 Å². The molecule has 7 heteroatoms. The summed E-state index contributed by atoms with van der Waals surface area (Å²) in [5.74, 6) is -1.33. The van der Waals surface area contributed by atoms with E-state index in [0.717, 1.165) is 12.8 Å². The maximum Gasteiger partial charge on any atom is 0.408 e. The molecule has 0 radical (unpaired) electrons. The predicted molar refractivity (Wildman–Crippen MR) is 92.1 cm³/mol. The van der Waals surface area contributed by atoms with Crippen molar-refractivity contribution in [3.05, 3.63) is 0 Å². The molecular formula is C19H29NO6. The van der Waals surface area contributed by atoms with Crippen LogP contribution in [0.1, 0.15) is 53.9 Å². The number of fused-ring (bicyclic) bond motifs is 2. The summed E-state index contributed by atoms with van der Waals surface area (Å²) in [5, 5.41) is 2.80. The van der Waals surface area contributed by atoms with Crippen LogP contribution in [-0.4, -0.2) is 42.4 Å². The van der Waals surface area contributed by atoms with Gasteiger partial charge in [0.2, 0.25) is 0 Å². The van der Waals surface area contributed by atoms with E-state index in [0.29, 0.717) is 13.0 Å². The van der Waals surface area contributed by atoms with Gasteiger partial charge < -0.3 is 19.5 Å². The highest BCUT2D eigenvalue weighted by molar-refractivity contribution is 5.91. The Bertz CT molecular complexity index is 620. The number of carbonyl (C=O) groups is 3. The van der Waals surface area contributed by atoms with Crippen LogP contribution in [-0.2, 0) is 23.8 Å². The molecule has 3 saturated carbocycles. The van der Waals surface area contributed by atoms with Gasteiger partial charge in [0, 0.05) is 5.92 Å². The summed E-state index contributed by atoms with van der Waals surface area (Å²) in [6, 6.07) is 0. The Hall–Kier alpha value is -1.79. The molecular weight excluding hydrogens is 338 g/mol. The molecule has 4 unspecified atom stereocenters. The second-order valence-electron chi connectivity index (χ2n) is 8.69. The molecule has 0 aliphatic heterocycles. The zero-order chi connectivity index (χ0) is 19.3. The standard InChI is InChI=1S/C19H29NO6/c1-6-24-14(21)11-12-13(11)19(15(22)25-7-2,10-18(12)8-9-18)20-16(23)26-17(3,4)5/h11-13H,6-10H2,1-5H3,(H,20,23). The van der Waals surface area contributed by atoms with Gasteiger partial charge in [-0.3, -0.25) is 4.79 Å². The van der Waals surface area contributed by atoms with Crippen molar-refractivity contribution in [3.63, 3.8) is 0 Å². The first-order valence-electron chi connectivity index (χ1n) is 9.45. The molecule has 0 aromatic rings. The van der Waals surface area contributed by atoms with E-state index in [1.54, 1.807) is 34.6 Å². The first-order valence-corrected chi connectivity index (χ1v) is 9.45. The summed E-state index contributed by atoms with van der Waals surface area (Å²) in [4.78, 5) is 37.8. The van der Waals surface area contributed by atoms with Crippen molar-refractivity contribution in [1.82, 2.24) is 5.32 Å². The molecule has 3 aliphatic carbocycles. The van der Waals surface area contributed by atoms with Crippen molar-refractivity contribution in [2.75, 3.05) is 13.2 Å². The van der Waals surface area contributed by atoms with Crippen LogP contribution < -0.4 is 5.32 Å². The number of esters is 2. The van der Waals surface area contributed by atoms with Gasteiger partial charge in [0.05, 0.1) is 19.1 Å². The number of ether oxygens (including phenoxy) is 3. The second kappa shape index (κ2) is 6.13. The van der Waals surface area contributed by atoms with Crippen LogP contribution in [0, 0.1) is 23.2 Å². The first kappa shape index (κ1) is 19.0. The molecule has 1 N–H and O–H groups in total. The highest BCUT2D eigenvalue weighted by atomic mass is 16.6. The van der Waals surface area contributed by atoms with Crippen LogP contribution in [0.4, 0.5) is 4.79 Å². The average molecular weight is 367 g/mol. The Balaban J connectivity index is 1.88. The maximum atomic E-state index is 12.9. The van der Waals surface area contributed by atoms with Crippen molar-refractivity contribution < 1.29 is 28.6 Å². The quantitative estimate of drug-likeness (QED) is 0.593. The van der Waals surface area contributed by atoms with E-state index in [2.05, 4.69) is 5.32 Å². The fraction of sp³-hybridized carbons (Fsp3) is 0.842. The summed E-state index contributed by atoms with van der Waals surface area (Å²) in [7, 11) is 0. The minimum atomic E-state index is -1.21.